The lowest BCUT2D eigenvalue weighted by Crippen LogP contribution is -2.22. The first-order chi connectivity index (χ1) is 7.22. The van der Waals surface area contributed by atoms with Crippen LogP contribution in [0.5, 0.6) is 0 Å². The fourth-order valence-electron chi connectivity index (χ4n) is 1.88. The minimum absolute atomic E-state index is 0.168. The van der Waals surface area contributed by atoms with Crippen LogP contribution in [0.15, 0.2) is 18.2 Å². The van der Waals surface area contributed by atoms with Crippen molar-refractivity contribution >= 4 is 12.0 Å². The van der Waals surface area contributed by atoms with Crippen molar-refractivity contribution in [1.29, 1.82) is 0 Å². The number of benzene rings is 1. The van der Waals surface area contributed by atoms with Gasteiger partial charge in [0.05, 0.1) is 5.69 Å². The Balaban J connectivity index is 2.37. The summed E-state index contributed by atoms with van der Waals surface area (Å²) in [5.41, 5.74) is 0.511. The van der Waals surface area contributed by atoms with Gasteiger partial charge in [0.25, 0.3) is 0 Å². The summed E-state index contributed by atoms with van der Waals surface area (Å²) < 4.78 is 26.5. The third kappa shape index (κ3) is 1.84. The van der Waals surface area contributed by atoms with Crippen LogP contribution in [0.25, 0.3) is 0 Å². The number of rotatable bonds is 2. The van der Waals surface area contributed by atoms with Gasteiger partial charge < -0.3 is 4.90 Å². The van der Waals surface area contributed by atoms with Crippen molar-refractivity contribution in [1.82, 2.24) is 0 Å². The summed E-state index contributed by atoms with van der Waals surface area (Å²) in [7, 11) is 0. The van der Waals surface area contributed by atoms with Crippen LogP contribution < -0.4 is 4.90 Å². The number of anilines is 1. The van der Waals surface area contributed by atoms with Gasteiger partial charge in [-0.05, 0) is 18.6 Å². The Morgan fingerprint density at radius 3 is 2.87 bits per heavy atom. The number of carbonyl (C=O) groups is 1. The fraction of sp³-hybridized carbons (Fsp3) is 0.364. The highest BCUT2D eigenvalue weighted by Crippen LogP contribution is 2.27. The largest absolute Gasteiger partial charge is 0.366 e. The number of para-hydroxylation sites is 1. The van der Waals surface area contributed by atoms with Crippen LogP contribution in [0.1, 0.15) is 16.8 Å². The molecule has 80 valence electrons. The Morgan fingerprint density at radius 1 is 1.47 bits per heavy atom. The Kier molecular flexibility index (Phi) is 2.66. The molecule has 0 amide bonds. The van der Waals surface area contributed by atoms with E-state index < -0.39 is 12.0 Å². The number of alkyl halides is 1. The van der Waals surface area contributed by atoms with E-state index in [4.69, 9.17) is 0 Å². The molecule has 1 fully saturated rings. The molecule has 1 saturated heterocycles. The predicted molar refractivity (Wildman–Crippen MR) is 53.5 cm³/mol. The first-order valence-corrected chi connectivity index (χ1v) is 4.85. The van der Waals surface area contributed by atoms with Crippen LogP contribution in [-0.2, 0) is 0 Å². The summed E-state index contributed by atoms with van der Waals surface area (Å²) in [5.74, 6) is -0.464. The molecule has 1 aliphatic heterocycles. The summed E-state index contributed by atoms with van der Waals surface area (Å²) in [6, 6.07) is 4.30. The minimum Gasteiger partial charge on any atom is -0.366 e. The molecule has 1 atom stereocenters. The normalized spacial score (nSPS) is 20.7. The smallest absolute Gasteiger partial charge is 0.152 e. The number of hydrogen-bond acceptors (Lipinski definition) is 2. The number of carbonyl (C=O) groups excluding carboxylic acids is 1. The zero-order valence-electron chi connectivity index (χ0n) is 8.12. The summed E-state index contributed by atoms with van der Waals surface area (Å²) in [4.78, 5) is 12.3. The van der Waals surface area contributed by atoms with E-state index in [1.165, 1.54) is 18.2 Å². The van der Waals surface area contributed by atoms with Gasteiger partial charge in [0.2, 0.25) is 0 Å². The lowest BCUT2D eigenvalue weighted by molar-refractivity contribution is 0.112. The van der Waals surface area contributed by atoms with Gasteiger partial charge in [0.15, 0.2) is 6.29 Å². The van der Waals surface area contributed by atoms with Crippen molar-refractivity contribution in [2.45, 2.75) is 12.6 Å². The molecule has 4 heteroatoms. The molecule has 0 saturated carbocycles. The SMILES string of the molecule is O=Cc1cccc(F)c1N1CC[C@@H](F)C1. The molecule has 0 aliphatic carbocycles. The van der Waals surface area contributed by atoms with Crippen molar-refractivity contribution < 1.29 is 13.6 Å². The van der Waals surface area contributed by atoms with Crippen LogP contribution in [0.3, 0.4) is 0 Å². The average molecular weight is 211 g/mol. The molecule has 0 bridgehead atoms. The first-order valence-electron chi connectivity index (χ1n) is 4.85. The second-order valence-corrected chi connectivity index (χ2v) is 3.63. The molecule has 1 aromatic rings. The van der Waals surface area contributed by atoms with Crippen molar-refractivity contribution in [2.75, 3.05) is 18.0 Å². The molecule has 1 aromatic carbocycles. The van der Waals surface area contributed by atoms with Crippen LogP contribution in [0, 0.1) is 5.82 Å². The summed E-state index contributed by atoms with van der Waals surface area (Å²) in [6.45, 7) is 0.630. The van der Waals surface area contributed by atoms with Gasteiger partial charge in [-0.2, -0.15) is 0 Å². The molecule has 15 heavy (non-hydrogen) atoms. The Morgan fingerprint density at radius 2 is 2.27 bits per heavy atom. The lowest BCUT2D eigenvalue weighted by Gasteiger charge is -2.19. The highest BCUT2D eigenvalue weighted by atomic mass is 19.1. The number of hydrogen-bond donors (Lipinski definition) is 0. The van der Waals surface area contributed by atoms with Gasteiger partial charge in [-0.1, -0.05) is 6.07 Å². The second-order valence-electron chi connectivity index (χ2n) is 3.63. The molecular weight excluding hydrogens is 200 g/mol. The molecular formula is C11H11F2NO. The zero-order chi connectivity index (χ0) is 10.8. The number of halogens is 2. The molecule has 0 radical (unpaired) electrons. The van der Waals surface area contributed by atoms with Gasteiger partial charge in [-0.25, -0.2) is 8.78 Å². The van der Waals surface area contributed by atoms with E-state index in [1.54, 1.807) is 4.90 Å². The van der Waals surface area contributed by atoms with Gasteiger partial charge in [-0.3, -0.25) is 4.79 Å². The standard InChI is InChI=1S/C11H11F2NO/c12-9-4-5-14(6-9)11-8(7-15)2-1-3-10(11)13/h1-3,7,9H,4-6H2/t9-/m1/s1. The topological polar surface area (TPSA) is 20.3 Å². The van der Waals surface area contributed by atoms with E-state index in [0.717, 1.165) is 0 Å². The minimum atomic E-state index is -0.927. The van der Waals surface area contributed by atoms with E-state index in [-0.39, 0.29) is 17.8 Å². The molecule has 0 aromatic heterocycles. The van der Waals surface area contributed by atoms with E-state index in [9.17, 15) is 13.6 Å². The first kappa shape index (κ1) is 10.1. The molecule has 2 rings (SSSR count). The summed E-state index contributed by atoms with van der Waals surface area (Å²) in [6.07, 6.45) is 0.0699. The molecule has 2 nitrogen and oxygen atoms in total. The predicted octanol–water partition coefficient (Wildman–Crippen LogP) is 2.19. The molecule has 1 aliphatic rings. The molecule has 0 spiro atoms. The zero-order valence-corrected chi connectivity index (χ0v) is 8.12. The van der Waals surface area contributed by atoms with Gasteiger partial charge in [0.1, 0.15) is 12.0 Å². The lowest BCUT2D eigenvalue weighted by atomic mass is 10.1. The maximum absolute atomic E-state index is 13.5. The third-order valence-corrected chi connectivity index (χ3v) is 2.59. The Hall–Kier alpha value is -1.45. The van der Waals surface area contributed by atoms with Crippen LogP contribution in [0.2, 0.25) is 0 Å². The van der Waals surface area contributed by atoms with Crippen molar-refractivity contribution in [3.8, 4) is 0 Å². The number of aldehydes is 1. The highest BCUT2D eigenvalue weighted by molar-refractivity contribution is 5.85. The third-order valence-electron chi connectivity index (χ3n) is 2.59. The fourth-order valence-corrected chi connectivity index (χ4v) is 1.88. The summed E-state index contributed by atoms with van der Waals surface area (Å²) >= 11 is 0. The quantitative estimate of drug-likeness (QED) is 0.699. The van der Waals surface area contributed by atoms with Gasteiger partial charge in [0, 0.05) is 18.7 Å². The van der Waals surface area contributed by atoms with Gasteiger partial charge >= 0.3 is 0 Å². The highest BCUT2D eigenvalue weighted by Gasteiger charge is 2.25. The Bertz CT molecular complexity index is 381. The van der Waals surface area contributed by atoms with Crippen LogP contribution >= 0.6 is 0 Å². The van der Waals surface area contributed by atoms with E-state index in [2.05, 4.69) is 0 Å². The monoisotopic (exact) mass is 211 g/mol. The maximum Gasteiger partial charge on any atom is 0.152 e. The number of nitrogens with zero attached hydrogens (tertiary/aromatic N) is 1. The van der Waals surface area contributed by atoms with Crippen LogP contribution in [-0.4, -0.2) is 25.5 Å². The maximum atomic E-state index is 13.5. The Labute approximate surface area is 86.5 Å². The van der Waals surface area contributed by atoms with Crippen molar-refractivity contribution in [3.63, 3.8) is 0 Å². The molecule has 0 unspecified atom stereocenters. The average Bonchev–Trinajstić information content (AvgIpc) is 2.64. The van der Waals surface area contributed by atoms with Gasteiger partial charge in [-0.15, -0.1) is 0 Å². The van der Waals surface area contributed by atoms with Crippen molar-refractivity contribution in [3.05, 3.63) is 29.6 Å². The second kappa shape index (κ2) is 3.96. The summed E-state index contributed by atoms with van der Waals surface area (Å²) in [5, 5.41) is 0. The van der Waals surface area contributed by atoms with E-state index >= 15 is 0 Å². The van der Waals surface area contributed by atoms with E-state index in [0.29, 0.717) is 19.3 Å². The van der Waals surface area contributed by atoms with Crippen molar-refractivity contribution in [2.24, 2.45) is 0 Å². The molecule has 1 heterocycles. The van der Waals surface area contributed by atoms with E-state index in [1.807, 2.05) is 0 Å². The molecule has 0 N–H and O–H groups in total. The van der Waals surface area contributed by atoms with Crippen LogP contribution in [0.4, 0.5) is 14.5 Å².